The lowest BCUT2D eigenvalue weighted by Gasteiger charge is -2.23. The summed E-state index contributed by atoms with van der Waals surface area (Å²) >= 11 is 0. The standard InChI is InChI=1S/C11H20FN/c1-8-4-3-5-9(8)10-6-13(2)7-11(10)12/h8-11H,3-7H2,1-2H3/t8-,9?,10?,11?/m1/s1. The maximum Gasteiger partial charge on any atom is 0.117 e. The lowest BCUT2D eigenvalue weighted by Crippen LogP contribution is -2.25. The summed E-state index contributed by atoms with van der Waals surface area (Å²) in [7, 11) is 2.03. The number of alkyl halides is 1. The van der Waals surface area contributed by atoms with Gasteiger partial charge in [-0.25, -0.2) is 4.39 Å². The highest BCUT2D eigenvalue weighted by molar-refractivity contribution is 4.91. The minimum atomic E-state index is -0.560. The molecule has 4 atom stereocenters. The number of likely N-dealkylation sites (tertiary alicyclic amines) is 1. The molecule has 2 heteroatoms. The molecule has 1 heterocycles. The molecule has 2 rings (SSSR count). The molecule has 2 aliphatic rings. The van der Waals surface area contributed by atoms with Crippen LogP contribution in [0.5, 0.6) is 0 Å². The van der Waals surface area contributed by atoms with Crippen LogP contribution in [0.25, 0.3) is 0 Å². The third-order valence-corrected chi connectivity index (χ3v) is 3.95. The van der Waals surface area contributed by atoms with Crippen LogP contribution in [0.4, 0.5) is 4.39 Å². The summed E-state index contributed by atoms with van der Waals surface area (Å²) in [5.41, 5.74) is 0. The van der Waals surface area contributed by atoms with Gasteiger partial charge >= 0.3 is 0 Å². The first-order valence-electron chi connectivity index (χ1n) is 5.51. The summed E-state index contributed by atoms with van der Waals surface area (Å²) in [6, 6.07) is 0. The van der Waals surface area contributed by atoms with E-state index >= 15 is 0 Å². The molecule has 1 aliphatic carbocycles. The van der Waals surface area contributed by atoms with E-state index in [1.807, 2.05) is 7.05 Å². The summed E-state index contributed by atoms with van der Waals surface area (Å²) in [5, 5.41) is 0. The van der Waals surface area contributed by atoms with Crippen molar-refractivity contribution in [2.75, 3.05) is 20.1 Å². The first-order chi connectivity index (χ1) is 6.18. The summed E-state index contributed by atoms with van der Waals surface area (Å²) < 4.78 is 13.6. The van der Waals surface area contributed by atoms with Gasteiger partial charge in [0.1, 0.15) is 6.17 Å². The van der Waals surface area contributed by atoms with Gasteiger partial charge in [-0.2, -0.15) is 0 Å². The molecule has 0 aromatic rings. The van der Waals surface area contributed by atoms with Crippen molar-refractivity contribution in [3.63, 3.8) is 0 Å². The van der Waals surface area contributed by atoms with Crippen molar-refractivity contribution in [1.82, 2.24) is 4.90 Å². The first-order valence-corrected chi connectivity index (χ1v) is 5.51. The smallest absolute Gasteiger partial charge is 0.117 e. The molecule has 2 fully saturated rings. The van der Waals surface area contributed by atoms with Gasteiger partial charge in [-0.1, -0.05) is 19.8 Å². The normalized spacial score (nSPS) is 47.3. The Morgan fingerprint density at radius 2 is 1.92 bits per heavy atom. The molecule has 0 bridgehead atoms. The van der Waals surface area contributed by atoms with Crippen molar-refractivity contribution in [1.29, 1.82) is 0 Å². The summed E-state index contributed by atoms with van der Waals surface area (Å²) in [6.07, 6.45) is 3.34. The SMILES string of the molecule is C[C@@H]1CCCC1C1CN(C)CC1F. The third-order valence-electron chi connectivity index (χ3n) is 3.95. The number of halogens is 1. The van der Waals surface area contributed by atoms with Gasteiger partial charge in [0.25, 0.3) is 0 Å². The van der Waals surface area contributed by atoms with Crippen molar-refractivity contribution in [3.05, 3.63) is 0 Å². The fourth-order valence-corrected chi connectivity index (χ4v) is 3.20. The summed E-state index contributed by atoms with van der Waals surface area (Å²) in [6.45, 7) is 3.94. The average molecular weight is 185 g/mol. The third kappa shape index (κ3) is 1.74. The second kappa shape index (κ2) is 3.56. The summed E-state index contributed by atoms with van der Waals surface area (Å²) in [5.74, 6) is 1.76. The molecular formula is C11H20FN. The van der Waals surface area contributed by atoms with Crippen LogP contribution in [0, 0.1) is 17.8 Å². The van der Waals surface area contributed by atoms with Gasteiger partial charge in [-0.15, -0.1) is 0 Å². The molecule has 1 aliphatic heterocycles. The van der Waals surface area contributed by atoms with Gasteiger partial charge in [-0.05, 0) is 25.3 Å². The molecule has 0 N–H and O–H groups in total. The van der Waals surface area contributed by atoms with E-state index in [1.54, 1.807) is 0 Å². The van der Waals surface area contributed by atoms with E-state index in [1.165, 1.54) is 19.3 Å². The van der Waals surface area contributed by atoms with E-state index < -0.39 is 6.17 Å². The van der Waals surface area contributed by atoms with Crippen LogP contribution in [-0.2, 0) is 0 Å². The quantitative estimate of drug-likeness (QED) is 0.606. The van der Waals surface area contributed by atoms with E-state index in [2.05, 4.69) is 11.8 Å². The maximum atomic E-state index is 13.6. The molecular weight excluding hydrogens is 165 g/mol. The van der Waals surface area contributed by atoms with Crippen LogP contribution in [0.1, 0.15) is 26.2 Å². The van der Waals surface area contributed by atoms with E-state index in [9.17, 15) is 4.39 Å². The Balaban J connectivity index is 1.99. The van der Waals surface area contributed by atoms with Gasteiger partial charge in [0.05, 0.1) is 0 Å². The van der Waals surface area contributed by atoms with Crippen LogP contribution in [0.15, 0.2) is 0 Å². The minimum Gasteiger partial charge on any atom is -0.303 e. The predicted molar refractivity (Wildman–Crippen MR) is 52.4 cm³/mol. The molecule has 1 saturated heterocycles. The zero-order valence-corrected chi connectivity index (χ0v) is 8.67. The molecule has 1 saturated carbocycles. The predicted octanol–water partition coefficient (Wildman–Crippen LogP) is 2.32. The molecule has 0 aromatic carbocycles. The van der Waals surface area contributed by atoms with Crippen LogP contribution in [0.3, 0.4) is 0 Å². The Morgan fingerprint density at radius 3 is 2.38 bits per heavy atom. The van der Waals surface area contributed by atoms with Gasteiger partial charge in [-0.3, -0.25) is 0 Å². The van der Waals surface area contributed by atoms with Crippen LogP contribution < -0.4 is 0 Å². The number of rotatable bonds is 1. The molecule has 0 spiro atoms. The first kappa shape index (κ1) is 9.45. The molecule has 3 unspecified atom stereocenters. The van der Waals surface area contributed by atoms with Crippen molar-refractivity contribution in [2.45, 2.75) is 32.4 Å². The molecule has 0 amide bonds. The van der Waals surface area contributed by atoms with Gasteiger partial charge < -0.3 is 4.90 Å². The lowest BCUT2D eigenvalue weighted by molar-refractivity contribution is 0.187. The van der Waals surface area contributed by atoms with E-state index in [-0.39, 0.29) is 0 Å². The van der Waals surface area contributed by atoms with E-state index in [0.29, 0.717) is 18.4 Å². The molecule has 13 heavy (non-hydrogen) atoms. The molecule has 0 radical (unpaired) electrons. The zero-order valence-electron chi connectivity index (χ0n) is 8.67. The van der Waals surface area contributed by atoms with Crippen LogP contribution in [0.2, 0.25) is 0 Å². The average Bonchev–Trinajstić information content (AvgIpc) is 2.58. The maximum absolute atomic E-state index is 13.6. The van der Waals surface area contributed by atoms with Crippen LogP contribution in [-0.4, -0.2) is 31.2 Å². The van der Waals surface area contributed by atoms with Crippen molar-refractivity contribution in [3.8, 4) is 0 Å². The Bertz CT molecular complexity index is 183. The number of nitrogens with zero attached hydrogens (tertiary/aromatic N) is 1. The van der Waals surface area contributed by atoms with Crippen LogP contribution >= 0.6 is 0 Å². The topological polar surface area (TPSA) is 3.24 Å². The minimum absolute atomic E-state index is 0.336. The largest absolute Gasteiger partial charge is 0.303 e. The Morgan fingerprint density at radius 1 is 1.15 bits per heavy atom. The second-order valence-electron chi connectivity index (χ2n) is 4.97. The second-order valence-corrected chi connectivity index (χ2v) is 4.97. The highest BCUT2D eigenvalue weighted by Crippen LogP contribution is 2.40. The molecule has 76 valence electrons. The fourth-order valence-electron chi connectivity index (χ4n) is 3.20. The lowest BCUT2D eigenvalue weighted by atomic mass is 9.83. The van der Waals surface area contributed by atoms with Crippen molar-refractivity contribution >= 4 is 0 Å². The van der Waals surface area contributed by atoms with E-state index in [4.69, 9.17) is 0 Å². The number of hydrogen-bond donors (Lipinski definition) is 0. The fraction of sp³-hybridized carbons (Fsp3) is 1.00. The highest BCUT2D eigenvalue weighted by Gasteiger charge is 2.40. The summed E-state index contributed by atoms with van der Waals surface area (Å²) in [4.78, 5) is 2.14. The van der Waals surface area contributed by atoms with E-state index in [0.717, 1.165) is 12.5 Å². The zero-order chi connectivity index (χ0) is 9.42. The van der Waals surface area contributed by atoms with Crippen molar-refractivity contribution < 1.29 is 4.39 Å². The Kier molecular flexibility index (Phi) is 2.59. The van der Waals surface area contributed by atoms with Gasteiger partial charge in [0, 0.05) is 19.0 Å². The Hall–Kier alpha value is -0.110. The highest BCUT2D eigenvalue weighted by atomic mass is 19.1. The number of hydrogen-bond acceptors (Lipinski definition) is 1. The Labute approximate surface area is 80.3 Å². The monoisotopic (exact) mass is 185 g/mol. The van der Waals surface area contributed by atoms with Gasteiger partial charge in [0.15, 0.2) is 0 Å². The van der Waals surface area contributed by atoms with Gasteiger partial charge in [0.2, 0.25) is 0 Å². The molecule has 0 aromatic heterocycles. The molecule has 1 nitrogen and oxygen atoms in total. The van der Waals surface area contributed by atoms with Crippen molar-refractivity contribution in [2.24, 2.45) is 17.8 Å².